The van der Waals surface area contributed by atoms with Crippen LogP contribution < -0.4 is 9.80 Å². The number of aromatic nitrogens is 2. The van der Waals surface area contributed by atoms with E-state index in [1.54, 1.807) is 0 Å². The lowest BCUT2D eigenvalue weighted by Crippen LogP contribution is -2.45. The normalized spacial score (nSPS) is 17.9. The van der Waals surface area contributed by atoms with E-state index in [1.165, 1.54) is 17.5 Å². The number of hydrogen-bond acceptors (Lipinski definition) is 5. The number of aryl methyl sites for hydroxylation is 2. The summed E-state index contributed by atoms with van der Waals surface area (Å²) in [5.41, 5.74) is 3.98. The van der Waals surface area contributed by atoms with Gasteiger partial charge in [-0.2, -0.15) is 0 Å². The molecule has 1 amide bonds. The molecule has 4 rings (SSSR count). The molecule has 0 unspecified atom stereocenters. The van der Waals surface area contributed by atoms with E-state index in [0.29, 0.717) is 5.69 Å². The SMILES string of the molecule is Cc1ccc2c(c1)CCCN2C(=O)c1cc(N2CCN(C)CC2)ncn1. The van der Waals surface area contributed by atoms with Crippen LogP contribution in [0.25, 0.3) is 0 Å². The van der Waals surface area contributed by atoms with Crippen LogP contribution >= 0.6 is 0 Å². The Morgan fingerprint density at radius 3 is 2.65 bits per heavy atom. The van der Waals surface area contributed by atoms with Crippen molar-refractivity contribution in [3.05, 3.63) is 47.4 Å². The number of rotatable bonds is 2. The van der Waals surface area contributed by atoms with Gasteiger partial charge in [-0.1, -0.05) is 17.7 Å². The average molecular weight is 351 g/mol. The number of benzene rings is 1. The van der Waals surface area contributed by atoms with E-state index in [1.807, 2.05) is 11.0 Å². The fraction of sp³-hybridized carbons (Fsp3) is 0.450. The minimum absolute atomic E-state index is 0.0346. The minimum Gasteiger partial charge on any atom is -0.354 e. The highest BCUT2D eigenvalue weighted by Crippen LogP contribution is 2.29. The highest BCUT2D eigenvalue weighted by atomic mass is 16.2. The Morgan fingerprint density at radius 1 is 1.04 bits per heavy atom. The van der Waals surface area contributed by atoms with Crippen LogP contribution in [-0.2, 0) is 6.42 Å². The Bertz CT molecular complexity index is 814. The molecule has 0 aliphatic carbocycles. The summed E-state index contributed by atoms with van der Waals surface area (Å²) in [6, 6.07) is 8.16. The third-order valence-corrected chi connectivity index (χ3v) is 5.30. The first-order valence-electron chi connectivity index (χ1n) is 9.29. The third-order valence-electron chi connectivity index (χ3n) is 5.30. The van der Waals surface area contributed by atoms with Crippen molar-refractivity contribution >= 4 is 17.4 Å². The summed E-state index contributed by atoms with van der Waals surface area (Å²) >= 11 is 0. The van der Waals surface area contributed by atoms with Crippen molar-refractivity contribution < 1.29 is 4.79 Å². The molecule has 0 spiro atoms. The van der Waals surface area contributed by atoms with Crippen LogP contribution in [-0.4, -0.2) is 60.5 Å². The lowest BCUT2D eigenvalue weighted by atomic mass is 9.99. The van der Waals surface area contributed by atoms with Gasteiger partial charge in [0.1, 0.15) is 17.8 Å². The second kappa shape index (κ2) is 7.03. The van der Waals surface area contributed by atoms with Crippen LogP contribution in [0.4, 0.5) is 11.5 Å². The zero-order valence-electron chi connectivity index (χ0n) is 15.5. The Labute approximate surface area is 154 Å². The number of piperazine rings is 1. The fourth-order valence-electron chi connectivity index (χ4n) is 3.75. The fourth-order valence-corrected chi connectivity index (χ4v) is 3.75. The predicted molar refractivity (Wildman–Crippen MR) is 103 cm³/mol. The van der Waals surface area contributed by atoms with Crippen molar-refractivity contribution in [1.29, 1.82) is 0 Å². The molecule has 0 saturated carbocycles. The summed E-state index contributed by atoms with van der Waals surface area (Å²) in [5.74, 6) is 0.810. The van der Waals surface area contributed by atoms with Crippen molar-refractivity contribution in [3.8, 4) is 0 Å². The monoisotopic (exact) mass is 351 g/mol. The zero-order chi connectivity index (χ0) is 18.1. The molecule has 1 aromatic carbocycles. The molecule has 2 aromatic rings. The second-order valence-electron chi connectivity index (χ2n) is 7.24. The highest BCUT2D eigenvalue weighted by molar-refractivity contribution is 6.05. The number of carbonyl (C=O) groups is 1. The standard InChI is InChI=1S/C20H25N5O/c1-15-5-6-18-16(12-15)4-3-7-25(18)20(26)17-13-19(22-14-21-17)24-10-8-23(2)9-11-24/h5-6,12-14H,3-4,7-11H2,1-2H3. The van der Waals surface area contributed by atoms with Crippen molar-refractivity contribution in [1.82, 2.24) is 14.9 Å². The number of anilines is 2. The maximum Gasteiger partial charge on any atom is 0.277 e. The zero-order valence-corrected chi connectivity index (χ0v) is 15.5. The molecular formula is C20H25N5O. The van der Waals surface area contributed by atoms with Gasteiger partial charge in [-0.15, -0.1) is 0 Å². The molecule has 0 N–H and O–H groups in total. The number of carbonyl (C=O) groups excluding carboxylic acids is 1. The van der Waals surface area contributed by atoms with Gasteiger partial charge in [0.05, 0.1) is 0 Å². The summed E-state index contributed by atoms with van der Waals surface area (Å²) in [7, 11) is 2.13. The summed E-state index contributed by atoms with van der Waals surface area (Å²) in [6.07, 6.45) is 3.52. The lowest BCUT2D eigenvalue weighted by Gasteiger charge is -2.33. The van der Waals surface area contributed by atoms with Gasteiger partial charge in [0.25, 0.3) is 5.91 Å². The van der Waals surface area contributed by atoms with Gasteiger partial charge in [-0.3, -0.25) is 4.79 Å². The van der Waals surface area contributed by atoms with Crippen LogP contribution in [0.15, 0.2) is 30.6 Å². The molecule has 1 fully saturated rings. The van der Waals surface area contributed by atoms with Gasteiger partial charge < -0.3 is 14.7 Å². The molecule has 0 radical (unpaired) electrons. The van der Waals surface area contributed by atoms with E-state index in [2.05, 4.69) is 51.9 Å². The minimum atomic E-state index is -0.0346. The third kappa shape index (κ3) is 3.29. The maximum atomic E-state index is 13.1. The molecule has 1 aromatic heterocycles. The Balaban J connectivity index is 1.59. The van der Waals surface area contributed by atoms with Crippen LogP contribution in [0.3, 0.4) is 0 Å². The summed E-state index contributed by atoms with van der Waals surface area (Å²) in [6.45, 7) is 6.69. The van der Waals surface area contributed by atoms with Crippen molar-refractivity contribution in [2.45, 2.75) is 19.8 Å². The van der Waals surface area contributed by atoms with E-state index in [9.17, 15) is 4.79 Å². The summed E-state index contributed by atoms with van der Waals surface area (Å²) in [5, 5.41) is 0. The van der Waals surface area contributed by atoms with Crippen LogP contribution in [0.2, 0.25) is 0 Å². The first kappa shape index (κ1) is 17.0. The second-order valence-corrected chi connectivity index (χ2v) is 7.24. The molecule has 26 heavy (non-hydrogen) atoms. The van der Waals surface area contributed by atoms with Crippen LogP contribution in [0.5, 0.6) is 0 Å². The van der Waals surface area contributed by atoms with Gasteiger partial charge in [0.2, 0.25) is 0 Å². The first-order valence-corrected chi connectivity index (χ1v) is 9.29. The smallest absolute Gasteiger partial charge is 0.277 e. The number of likely N-dealkylation sites (N-methyl/N-ethyl adjacent to an activating group) is 1. The van der Waals surface area contributed by atoms with E-state index < -0.39 is 0 Å². The Kier molecular flexibility index (Phi) is 4.59. The van der Waals surface area contributed by atoms with Crippen LogP contribution in [0.1, 0.15) is 28.0 Å². The number of fused-ring (bicyclic) bond motifs is 1. The van der Waals surface area contributed by atoms with E-state index in [-0.39, 0.29) is 5.91 Å². The molecule has 1 saturated heterocycles. The van der Waals surface area contributed by atoms with Crippen molar-refractivity contribution in [2.24, 2.45) is 0 Å². The first-order chi connectivity index (χ1) is 12.6. The average Bonchev–Trinajstić information content (AvgIpc) is 2.67. The van der Waals surface area contributed by atoms with Gasteiger partial charge in [0.15, 0.2) is 0 Å². The van der Waals surface area contributed by atoms with Gasteiger partial charge in [-0.25, -0.2) is 9.97 Å². The van der Waals surface area contributed by atoms with Gasteiger partial charge in [-0.05, 0) is 38.4 Å². The Morgan fingerprint density at radius 2 is 1.85 bits per heavy atom. The summed E-state index contributed by atoms with van der Waals surface area (Å²) < 4.78 is 0. The van der Waals surface area contributed by atoms with E-state index >= 15 is 0 Å². The molecule has 3 heterocycles. The number of hydrogen-bond donors (Lipinski definition) is 0. The van der Waals surface area contributed by atoms with Gasteiger partial charge in [0, 0.05) is 44.5 Å². The lowest BCUT2D eigenvalue weighted by molar-refractivity contribution is 0.0980. The van der Waals surface area contributed by atoms with Crippen molar-refractivity contribution in [3.63, 3.8) is 0 Å². The summed E-state index contributed by atoms with van der Waals surface area (Å²) in [4.78, 5) is 28.2. The molecule has 2 aliphatic heterocycles. The van der Waals surface area contributed by atoms with Gasteiger partial charge >= 0.3 is 0 Å². The quantitative estimate of drug-likeness (QED) is 0.830. The topological polar surface area (TPSA) is 52.6 Å². The van der Waals surface area contributed by atoms with E-state index in [0.717, 1.165) is 57.1 Å². The predicted octanol–water partition coefficient (Wildman–Crippen LogP) is 2.13. The molecule has 2 aliphatic rings. The maximum absolute atomic E-state index is 13.1. The van der Waals surface area contributed by atoms with E-state index in [4.69, 9.17) is 0 Å². The molecule has 136 valence electrons. The molecule has 0 bridgehead atoms. The van der Waals surface area contributed by atoms with Crippen molar-refractivity contribution in [2.75, 3.05) is 49.6 Å². The Hall–Kier alpha value is -2.47. The molecule has 0 atom stereocenters. The molecule has 6 heteroatoms. The number of amides is 1. The molecular weight excluding hydrogens is 326 g/mol. The largest absolute Gasteiger partial charge is 0.354 e. The molecule has 6 nitrogen and oxygen atoms in total. The highest BCUT2D eigenvalue weighted by Gasteiger charge is 2.25. The van der Waals surface area contributed by atoms with Crippen LogP contribution in [0, 0.1) is 6.92 Å². The number of nitrogens with zero attached hydrogens (tertiary/aromatic N) is 5.